The summed E-state index contributed by atoms with van der Waals surface area (Å²) in [5.74, 6) is -2.10. The van der Waals surface area contributed by atoms with Crippen molar-refractivity contribution < 1.29 is 37.0 Å². The highest BCUT2D eigenvalue weighted by molar-refractivity contribution is 5.98. The van der Waals surface area contributed by atoms with Crippen LogP contribution in [-0.4, -0.2) is 38.5 Å². The molecule has 0 saturated heterocycles. The van der Waals surface area contributed by atoms with E-state index in [1.54, 1.807) is 18.2 Å². The molecule has 2 aromatic carbocycles. The third-order valence-corrected chi connectivity index (χ3v) is 5.70. The smallest absolute Gasteiger partial charge is 0.394 e. The monoisotopic (exact) mass is 539 g/mol. The van der Waals surface area contributed by atoms with Gasteiger partial charge < -0.3 is 20.1 Å². The summed E-state index contributed by atoms with van der Waals surface area (Å²) in [6, 6.07) is 11.9. The molecule has 0 fully saturated rings. The maximum absolute atomic E-state index is 14.3. The van der Waals surface area contributed by atoms with Gasteiger partial charge in [0.25, 0.3) is 11.8 Å². The largest absolute Gasteiger partial charge is 0.433 e. The molecule has 39 heavy (non-hydrogen) atoms. The van der Waals surface area contributed by atoms with E-state index in [1.807, 2.05) is 0 Å². The van der Waals surface area contributed by atoms with Gasteiger partial charge in [-0.2, -0.15) is 13.9 Å². The lowest BCUT2D eigenvalue weighted by Crippen LogP contribution is -2.28. The van der Waals surface area contributed by atoms with Crippen LogP contribution in [0, 0.1) is 5.82 Å². The van der Waals surface area contributed by atoms with Gasteiger partial charge in [-0.15, -0.1) is 0 Å². The van der Waals surface area contributed by atoms with Gasteiger partial charge in [0, 0.05) is 31.6 Å². The first-order valence-electron chi connectivity index (χ1n) is 11.6. The lowest BCUT2D eigenvalue weighted by molar-refractivity contribution is -0.159. The standard InChI is InChI=1S/C26H20F3N5O5/c1-26(28,29)39-17-5-2-14(3-6-17)11-31-25(37)20-10-19(33-23-18(27)13-32-34(20)23)24(36)30-12-15-4-7-21-16(8-15)9-22(35)38-21/h2-8,10,13H,9,11-12H2,1H3,(H,30,36)(H,31,37). The molecule has 0 bridgehead atoms. The van der Waals surface area contributed by atoms with E-state index in [0.29, 0.717) is 29.4 Å². The Labute approximate surface area is 218 Å². The van der Waals surface area contributed by atoms with Gasteiger partial charge in [-0.05, 0) is 35.4 Å². The van der Waals surface area contributed by atoms with Crippen molar-refractivity contribution in [2.75, 3.05) is 0 Å². The number of alkyl halides is 2. The average molecular weight is 539 g/mol. The molecule has 200 valence electrons. The maximum Gasteiger partial charge on any atom is 0.394 e. The van der Waals surface area contributed by atoms with Gasteiger partial charge in [0.05, 0.1) is 12.6 Å². The summed E-state index contributed by atoms with van der Waals surface area (Å²) in [7, 11) is 0. The Morgan fingerprint density at radius 2 is 1.74 bits per heavy atom. The molecule has 1 aliphatic rings. The van der Waals surface area contributed by atoms with Crippen LogP contribution < -0.4 is 20.1 Å². The van der Waals surface area contributed by atoms with Gasteiger partial charge in [-0.25, -0.2) is 13.9 Å². The second-order valence-electron chi connectivity index (χ2n) is 8.77. The van der Waals surface area contributed by atoms with Gasteiger partial charge >= 0.3 is 12.1 Å². The second kappa shape index (κ2) is 10.1. The number of aromatic nitrogens is 3. The summed E-state index contributed by atoms with van der Waals surface area (Å²) in [6.07, 6.45) is -2.32. The number of ether oxygens (including phenoxy) is 2. The summed E-state index contributed by atoms with van der Waals surface area (Å²) in [6.45, 7) is 0.705. The van der Waals surface area contributed by atoms with Crippen molar-refractivity contribution in [3.8, 4) is 11.5 Å². The number of amides is 2. The van der Waals surface area contributed by atoms with Crippen LogP contribution in [0.5, 0.6) is 11.5 Å². The number of hydrogen-bond donors (Lipinski definition) is 2. The van der Waals surface area contributed by atoms with Gasteiger partial charge in [-0.1, -0.05) is 18.2 Å². The van der Waals surface area contributed by atoms with Crippen molar-refractivity contribution >= 4 is 23.4 Å². The van der Waals surface area contributed by atoms with E-state index in [4.69, 9.17) is 4.74 Å². The molecule has 2 N–H and O–H groups in total. The summed E-state index contributed by atoms with van der Waals surface area (Å²) in [5.41, 5.74) is 1.31. The summed E-state index contributed by atoms with van der Waals surface area (Å²) in [4.78, 5) is 41.3. The van der Waals surface area contributed by atoms with Crippen molar-refractivity contribution in [3.63, 3.8) is 0 Å². The highest BCUT2D eigenvalue weighted by Crippen LogP contribution is 2.26. The van der Waals surface area contributed by atoms with Gasteiger partial charge in [0.2, 0.25) is 0 Å². The fourth-order valence-electron chi connectivity index (χ4n) is 3.94. The van der Waals surface area contributed by atoms with E-state index in [2.05, 4.69) is 25.5 Å². The highest BCUT2D eigenvalue weighted by atomic mass is 19.3. The number of nitrogens with zero attached hydrogens (tertiary/aromatic N) is 3. The van der Waals surface area contributed by atoms with E-state index in [1.165, 1.54) is 30.3 Å². The average Bonchev–Trinajstić information content (AvgIpc) is 3.46. The van der Waals surface area contributed by atoms with Crippen molar-refractivity contribution in [1.82, 2.24) is 25.2 Å². The SMILES string of the molecule is CC(F)(F)Oc1ccc(CNC(=O)c2cc(C(=O)NCc3ccc4c(c3)CC(=O)O4)nc3c(F)cnn23)cc1. The Hall–Kier alpha value is -4.94. The van der Waals surface area contributed by atoms with E-state index in [0.717, 1.165) is 10.7 Å². The first kappa shape index (κ1) is 25.7. The van der Waals surface area contributed by atoms with Crippen LogP contribution in [0.15, 0.2) is 54.7 Å². The summed E-state index contributed by atoms with van der Waals surface area (Å²) < 4.78 is 50.8. The normalized spacial score (nSPS) is 12.7. The van der Waals surface area contributed by atoms with E-state index < -0.39 is 23.7 Å². The fourth-order valence-corrected chi connectivity index (χ4v) is 3.94. The quantitative estimate of drug-likeness (QED) is 0.260. The van der Waals surface area contributed by atoms with Crippen molar-refractivity contribution in [3.05, 3.63) is 88.6 Å². The predicted molar refractivity (Wildman–Crippen MR) is 129 cm³/mol. The lowest BCUT2D eigenvalue weighted by Gasteiger charge is -2.13. The number of rotatable bonds is 8. The van der Waals surface area contributed by atoms with E-state index in [-0.39, 0.29) is 48.3 Å². The molecular weight excluding hydrogens is 519 g/mol. The number of hydrogen-bond acceptors (Lipinski definition) is 7. The van der Waals surface area contributed by atoms with Crippen LogP contribution in [-0.2, 0) is 24.3 Å². The van der Waals surface area contributed by atoms with Crippen molar-refractivity contribution in [2.24, 2.45) is 0 Å². The number of esters is 1. The molecular formula is C26H20F3N5O5. The van der Waals surface area contributed by atoms with Crippen molar-refractivity contribution in [1.29, 1.82) is 0 Å². The van der Waals surface area contributed by atoms with Crippen LogP contribution >= 0.6 is 0 Å². The Morgan fingerprint density at radius 1 is 1.05 bits per heavy atom. The molecule has 0 spiro atoms. The molecule has 2 aromatic heterocycles. The van der Waals surface area contributed by atoms with E-state index >= 15 is 0 Å². The molecule has 0 radical (unpaired) electrons. The predicted octanol–water partition coefficient (Wildman–Crippen LogP) is 3.18. The molecule has 0 saturated carbocycles. The third-order valence-electron chi connectivity index (χ3n) is 5.70. The molecule has 0 unspecified atom stereocenters. The number of halogens is 3. The Balaban J connectivity index is 1.29. The van der Waals surface area contributed by atoms with Gasteiger partial charge in [0.15, 0.2) is 11.5 Å². The number of fused-ring (bicyclic) bond motifs is 2. The number of benzene rings is 2. The van der Waals surface area contributed by atoms with Crippen LogP contribution in [0.25, 0.3) is 5.65 Å². The molecule has 1 aliphatic heterocycles. The second-order valence-corrected chi connectivity index (χ2v) is 8.77. The Bertz CT molecular complexity index is 1600. The lowest BCUT2D eigenvalue weighted by atomic mass is 10.1. The molecule has 0 atom stereocenters. The molecule has 5 rings (SSSR count). The fraction of sp³-hybridized carbons (Fsp3) is 0.192. The number of carbonyl (C=O) groups is 3. The summed E-state index contributed by atoms with van der Waals surface area (Å²) in [5, 5.41) is 9.12. The van der Waals surface area contributed by atoms with Crippen LogP contribution in [0.1, 0.15) is 44.6 Å². The minimum absolute atomic E-state index is 0.00126. The van der Waals surface area contributed by atoms with Crippen LogP contribution in [0.3, 0.4) is 0 Å². The molecule has 13 heteroatoms. The summed E-state index contributed by atoms with van der Waals surface area (Å²) >= 11 is 0. The molecule has 3 heterocycles. The minimum Gasteiger partial charge on any atom is -0.433 e. The van der Waals surface area contributed by atoms with Crippen LogP contribution in [0.4, 0.5) is 13.2 Å². The molecule has 10 nitrogen and oxygen atoms in total. The number of nitrogens with one attached hydrogen (secondary N) is 2. The van der Waals surface area contributed by atoms with E-state index in [9.17, 15) is 27.6 Å². The van der Waals surface area contributed by atoms with Crippen molar-refractivity contribution in [2.45, 2.75) is 32.5 Å². The molecule has 2 amide bonds. The zero-order chi connectivity index (χ0) is 27.7. The Kier molecular flexibility index (Phi) is 6.64. The molecule has 0 aliphatic carbocycles. The molecule has 4 aromatic rings. The first-order chi connectivity index (χ1) is 18.6. The first-order valence-corrected chi connectivity index (χ1v) is 11.6. The van der Waals surface area contributed by atoms with Crippen LogP contribution in [0.2, 0.25) is 0 Å². The highest BCUT2D eigenvalue weighted by Gasteiger charge is 2.24. The Morgan fingerprint density at radius 3 is 2.49 bits per heavy atom. The van der Waals surface area contributed by atoms with Gasteiger partial charge in [0.1, 0.15) is 22.9 Å². The maximum atomic E-state index is 14.3. The van der Waals surface area contributed by atoms with Gasteiger partial charge in [-0.3, -0.25) is 14.4 Å². The zero-order valence-corrected chi connectivity index (χ0v) is 20.3. The zero-order valence-electron chi connectivity index (χ0n) is 20.3. The third kappa shape index (κ3) is 5.81. The number of carbonyl (C=O) groups excluding carboxylic acids is 3. The minimum atomic E-state index is -3.33. The topological polar surface area (TPSA) is 124 Å².